The lowest BCUT2D eigenvalue weighted by Crippen LogP contribution is -2.40. The molecule has 154 valence electrons. The van der Waals surface area contributed by atoms with Gasteiger partial charge in [-0.25, -0.2) is 4.68 Å². The van der Waals surface area contributed by atoms with E-state index in [1.165, 1.54) is 4.68 Å². The molecule has 0 unspecified atom stereocenters. The molecule has 1 aliphatic rings. The Hall–Kier alpha value is -2.97. The number of ether oxygens (including phenoxy) is 1. The van der Waals surface area contributed by atoms with Crippen molar-refractivity contribution in [3.8, 4) is 5.69 Å². The molecule has 0 atom stereocenters. The van der Waals surface area contributed by atoms with Crippen LogP contribution in [0, 0.1) is 6.92 Å². The molecule has 0 spiro atoms. The summed E-state index contributed by atoms with van der Waals surface area (Å²) in [5, 5.41) is 3.08. The summed E-state index contributed by atoms with van der Waals surface area (Å²) in [5.41, 5.74) is 3.08. The fourth-order valence-corrected chi connectivity index (χ4v) is 3.53. The number of morpholine rings is 1. The molecular weight excluding hydrogens is 448 g/mol. The summed E-state index contributed by atoms with van der Waals surface area (Å²) in [4.78, 5) is 31.5. The zero-order valence-electron chi connectivity index (χ0n) is 16.5. The number of carbonyl (C=O) groups excluding carboxylic acids is 1. The first-order valence-electron chi connectivity index (χ1n) is 9.61. The number of nitrogens with one attached hydrogen (secondary N) is 1. The summed E-state index contributed by atoms with van der Waals surface area (Å²) in [6.07, 6.45) is 1.56. The molecule has 1 aromatic heterocycles. The Bertz CT molecular complexity index is 1120. The third-order valence-corrected chi connectivity index (χ3v) is 5.49. The molecule has 1 N–H and O–H groups in total. The minimum atomic E-state index is -0.169. The van der Waals surface area contributed by atoms with Crippen molar-refractivity contribution in [2.24, 2.45) is 4.99 Å². The van der Waals surface area contributed by atoms with Gasteiger partial charge in [0, 0.05) is 35.0 Å². The molecule has 7 nitrogen and oxygen atoms in total. The molecule has 0 saturated carbocycles. The summed E-state index contributed by atoms with van der Waals surface area (Å²) in [5.74, 6) is -0.00677. The summed E-state index contributed by atoms with van der Waals surface area (Å²) < 4.78 is 7.73. The highest BCUT2D eigenvalue weighted by atomic mass is 79.9. The number of amides is 1. The molecule has 0 radical (unpaired) electrons. The van der Waals surface area contributed by atoms with Gasteiger partial charge in [0.25, 0.3) is 11.5 Å². The number of aromatic nitrogens is 2. The maximum absolute atomic E-state index is 12.8. The van der Waals surface area contributed by atoms with Crippen LogP contribution in [0.3, 0.4) is 0 Å². The number of aliphatic imine (C=N–C) groups is 1. The number of H-pyrrole nitrogens is 1. The molecule has 4 rings (SSSR count). The predicted octanol–water partition coefficient (Wildman–Crippen LogP) is 3.46. The number of hydrogen-bond acceptors (Lipinski definition) is 4. The Kier molecular flexibility index (Phi) is 5.96. The molecule has 8 heteroatoms. The maximum atomic E-state index is 12.8. The third kappa shape index (κ3) is 4.29. The number of nitrogens with zero attached hydrogens (tertiary/aromatic N) is 3. The molecule has 0 aliphatic carbocycles. The van der Waals surface area contributed by atoms with Crippen LogP contribution in [0.15, 0.2) is 62.8 Å². The van der Waals surface area contributed by atoms with E-state index >= 15 is 0 Å². The Balaban J connectivity index is 1.52. The number of rotatable bonds is 4. The van der Waals surface area contributed by atoms with Crippen molar-refractivity contribution in [3.63, 3.8) is 0 Å². The van der Waals surface area contributed by atoms with Crippen molar-refractivity contribution in [1.29, 1.82) is 0 Å². The average Bonchev–Trinajstić information content (AvgIpc) is 3.06. The zero-order chi connectivity index (χ0) is 21.1. The minimum Gasteiger partial charge on any atom is -0.378 e. The Morgan fingerprint density at radius 3 is 2.43 bits per heavy atom. The second-order valence-corrected chi connectivity index (χ2v) is 7.89. The van der Waals surface area contributed by atoms with Gasteiger partial charge >= 0.3 is 0 Å². The van der Waals surface area contributed by atoms with E-state index in [4.69, 9.17) is 4.74 Å². The smallest absolute Gasteiger partial charge is 0.280 e. The summed E-state index contributed by atoms with van der Waals surface area (Å²) in [7, 11) is 0. The van der Waals surface area contributed by atoms with E-state index in [9.17, 15) is 9.59 Å². The summed E-state index contributed by atoms with van der Waals surface area (Å²) >= 11 is 3.40. The van der Waals surface area contributed by atoms with Crippen LogP contribution < -0.4 is 5.56 Å². The third-order valence-electron chi connectivity index (χ3n) is 4.96. The van der Waals surface area contributed by atoms with Gasteiger partial charge in [-0.3, -0.25) is 19.7 Å². The fourth-order valence-electron chi connectivity index (χ4n) is 3.26. The van der Waals surface area contributed by atoms with Gasteiger partial charge in [-0.05, 0) is 55.5 Å². The lowest BCUT2D eigenvalue weighted by atomic mass is 10.1. The van der Waals surface area contributed by atoms with Gasteiger partial charge in [-0.2, -0.15) is 0 Å². The van der Waals surface area contributed by atoms with Gasteiger partial charge < -0.3 is 9.64 Å². The second kappa shape index (κ2) is 8.81. The number of carbonyl (C=O) groups is 1. The van der Waals surface area contributed by atoms with Gasteiger partial charge in [0.05, 0.1) is 30.2 Å². The lowest BCUT2D eigenvalue weighted by molar-refractivity contribution is 0.0303. The molecule has 30 heavy (non-hydrogen) atoms. The largest absolute Gasteiger partial charge is 0.378 e. The molecule has 1 aliphatic heterocycles. The normalized spacial score (nSPS) is 14.4. The van der Waals surface area contributed by atoms with Crippen LogP contribution >= 0.6 is 15.9 Å². The first kappa shape index (κ1) is 20.3. The Labute approximate surface area is 182 Å². The fraction of sp³-hybridized carbons (Fsp3) is 0.227. The van der Waals surface area contributed by atoms with Gasteiger partial charge in [-0.15, -0.1) is 0 Å². The Morgan fingerprint density at radius 2 is 1.77 bits per heavy atom. The minimum absolute atomic E-state index is 0.00677. The van der Waals surface area contributed by atoms with Crippen molar-refractivity contribution in [2.45, 2.75) is 6.92 Å². The van der Waals surface area contributed by atoms with E-state index in [2.05, 4.69) is 26.0 Å². The number of aryl methyl sites for hydroxylation is 1. The highest BCUT2D eigenvalue weighted by Gasteiger charge is 2.18. The molecule has 1 amide bonds. The standard InChI is InChI=1S/C22H21BrN4O3/c1-15-20(22(29)27(25-15)19-8-4-17(23)5-9-19)14-24-18-6-2-16(3-7-18)21(28)26-10-12-30-13-11-26/h2-9,14,25H,10-13H2,1H3. The van der Waals surface area contributed by atoms with E-state index in [1.807, 2.05) is 31.2 Å². The molecule has 2 aromatic carbocycles. The highest BCUT2D eigenvalue weighted by Crippen LogP contribution is 2.16. The molecule has 3 aromatic rings. The molecular formula is C22H21BrN4O3. The van der Waals surface area contributed by atoms with Crippen molar-refractivity contribution in [3.05, 3.63) is 80.2 Å². The number of hydrogen-bond donors (Lipinski definition) is 1. The van der Waals surface area contributed by atoms with Crippen LogP contribution in [0.5, 0.6) is 0 Å². The quantitative estimate of drug-likeness (QED) is 0.595. The van der Waals surface area contributed by atoms with E-state index in [0.29, 0.717) is 43.1 Å². The Morgan fingerprint density at radius 1 is 1.10 bits per heavy atom. The topological polar surface area (TPSA) is 79.7 Å². The van der Waals surface area contributed by atoms with Crippen LogP contribution in [-0.4, -0.2) is 53.1 Å². The van der Waals surface area contributed by atoms with E-state index in [1.54, 1.807) is 35.4 Å². The van der Waals surface area contributed by atoms with Crippen molar-refractivity contribution in [2.75, 3.05) is 26.3 Å². The van der Waals surface area contributed by atoms with Gasteiger partial charge in [0.1, 0.15) is 0 Å². The lowest BCUT2D eigenvalue weighted by Gasteiger charge is -2.26. The highest BCUT2D eigenvalue weighted by molar-refractivity contribution is 9.10. The summed E-state index contributed by atoms with van der Waals surface area (Å²) in [6.45, 7) is 4.19. The SMILES string of the molecule is Cc1[nH]n(-c2ccc(Br)cc2)c(=O)c1C=Nc1ccc(C(=O)N2CCOCC2)cc1. The number of benzene rings is 2. The first-order valence-corrected chi connectivity index (χ1v) is 10.4. The average molecular weight is 469 g/mol. The molecule has 1 saturated heterocycles. The predicted molar refractivity (Wildman–Crippen MR) is 119 cm³/mol. The maximum Gasteiger partial charge on any atom is 0.280 e. The monoisotopic (exact) mass is 468 g/mol. The van der Waals surface area contributed by atoms with Crippen LogP contribution in [-0.2, 0) is 4.74 Å². The number of halogens is 1. The number of aromatic amines is 1. The van der Waals surface area contributed by atoms with E-state index < -0.39 is 0 Å². The van der Waals surface area contributed by atoms with Crippen LogP contribution in [0.1, 0.15) is 21.6 Å². The molecule has 1 fully saturated rings. The van der Waals surface area contributed by atoms with Crippen molar-refractivity contribution < 1.29 is 9.53 Å². The van der Waals surface area contributed by atoms with Crippen molar-refractivity contribution in [1.82, 2.24) is 14.7 Å². The van der Waals surface area contributed by atoms with E-state index in [0.717, 1.165) is 15.9 Å². The zero-order valence-corrected chi connectivity index (χ0v) is 18.1. The van der Waals surface area contributed by atoms with Gasteiger partial charge in [-0.1, -0.05) is 15.9 Å². The van der Waals surface area contributed by atoms with Crippen LogP contribution in [0.4, 0.5) is 5.69 Å². The van der Waals surface area contributed by atoms with Gasteiger partial charge in [0.15, 0.2) is 0 Å². The molecule has 2 heterocycles. The van der Waals surface area contributed by atoms with Gasteiger partial charge in [0.2, 0.25) is 0 Å². The second-order valence-electron chi connectivity index (χ2n) is 6.98. The first-order chi connectivity index (χ1) is 14.5. The van der Waals surface area contributed by atoms with E-state index in [-0.39, 0.29) is 11.5 Å². The summed E-state index contributed by atoms with van der Waals surface area (Å²) in [6, 6.07) is 14.5. The van der Waals surface area contributed by atoms with Crippen LogP contribution in [0.2, 0.25) is 0 Å². The molecule has 0 bridgehead atoms. The van der Waals surface area contributed by atoms with Crippen LogP contribution in [0.25, 0.3) is 5.69 Å². The van der Waals surface area contributed by atoms with Crippen molar-refractivity contribution >= 4 is 33.7 Å².